The number of hydrogen-bond acceptors (Lipinski definition) is 0. The van der Waals surface area contributed by atoms with Crippen LogP contribution in [0.15, 0.2) is 0 Å². The molecule has 18 heavy (non-hydrogen) atoms. The first-order valence-electron chi connectivity index (χ1n) is 6.91. The Morgan fingerprint density at radius 1 is 1.06 bits per heavy atom. The van der Waals surface area contributed by atoms with Crippen molar-refractivity contribution in [1.29, 1.82) is 0 Å². The molecule has 4 heteroatoms. The molecule has 0 radical (unpaired) electrons. The third kappa shape index (κ3) is 10.2. The van der Waals surface area contributed by atoms with Gasteiger partial charge in [0.25, 0.3) is 0 Å². The molecule has 0 spiro atoms. The third-order valence-corrected chi connectivity index (χ3v) is 3.82. The first-order chi connectivity index (χ1) is 7.29. The average molecular weight is 482 g/mol. The summed E-state index contributed by atoms with van der Waals surface area (Å²) in [6.07, 6.45) is 7.20. The van der Waals surface area contributed by atoms with Crippen molar-refractivity contribution in [3.05, 3.63) is 0 Å². The summed E-state index contributed by atoms with van der Waals surface area (Å²) in [6.45, 7) is 4.12. The maximum Gasteiger partial charge on any atom is 0.0811 e. The Balaban J connectivity index is 0. The molecule has 0 bridgehead atoms. The minimum Gasteiger partial charge on any atom is -1.00 e. The van der Waals surface area contributed by atoms with Crippen molar-refractivity contribution < 1.29 is 56.9 Å². The van der Waals surface area contributed by atoms with E-state index in [4.69, 9.17) is 0 Å². The highest BCUT2D eigenvalue weighted by Gasteiger charge is 2.26. The molecular formula is C14H32I2N2. The van der Waals surface area contributed by atoms with Crippen LogP contribution >= 0.6 is 0 Å². The fourth-order valence-corrected chi connectivity index (χ4v) is 2.94. The number of nitrogens with zero attached hydrogens (tertiary/aromatic N) is 2. The van der Waals surface area contributed by atoms with Crippen LogP contribution in [0.4, 0.5) is 0 Å². The first-order valence-corrected chi connectivity index (χ1v) is 6.91. The molecule has 1 aliphatic rings. The molecule has 0 aromatic heterocycles. The number of halogens is 2. The van der Waals surface area contributed by atoms with Gasteiger partial charge in [-0.1, -0.05) is 0 Å². The maximum atomic E-state index is 2.39. The van der Waals surface area contributed by atoms with Gasteiger partial charge >= 0.3 is 0 Å². The molecule has 1 fully saturated rings. The summed E-state index contributed by atoms with van der Waals surface area (Å²) in [5.41, 5.74) is 0. The summed E-state index contributed by atoms with van der Waals surface area (Å²) in [4.78, 5) is 0. The second-order valence-electron chi connectivity index (χ2n) is 7.36. The van der Waals surface area contributed by atoms with Crippen LogP contribution in [0.5, 0.6) is 0 Å². The normalized spacial score (nSPS) is 22.8. The smallest absolute Gasteiger partial charge is 0.0811 e. The standard InChI is InChI=1S/C14H32N2.2HI/c1-15(2,3)11-7-6-9-14-10-8-12-16(4,5)13-14;;/h14H,6-13H2,1-5H3;2*1H/q+2;;/p-2. The van der Waals surface area contributed by atoms with Gasteiger partial charge in [0, 0.05) is 5.92 Å². The van der Waals surface area contributed by atoms with Crippen molar-refractivity contribution in [2.45, 2.75) is 32.1 Å². The largest absolute Gasteiger partial charge is 1.00 e. The third-order valence-electron chi connectivity index (χ3n) is 3.82. The van der Waals surface area contributed by atoms with Crippen LogP contribution in [-0.2, 0) is 0 Å². The zero-order chi connectivity index (χ0) is 12.2. The number of likely N-dealkylation sites (tertiary alicyclic amines) is 1. The van der Waals surface area contributed by atoms with Crippen LogP contribution < -0.4 is 48.0 Å². The Morgan fingerprint density at radius 2 is 1.67 bits per heavy atom. The van der Waals surface area contributed by atoms with Crippen molar-refractivity contribution in [2.24, 2.45) is 5.92 Å². The molecule has 1 aliphatic heterocycles. The summed E-state index contributed by atoms with van der Waals surface area (Å²) in [7, 11) is 11.7. The topological polar surface area (TPSA) is 0 Å². The number of piperidine rings is 1. The minimum absolute atomic E-state index is 0. The van der Waals surface area contributed by atoms with E-state index in [1.165, 1.54) is 56.2 Å². The van der Waals surface area contributed by atoms with Crippen LogP contribution in [-0.4, -0.2) is 63.8 Å². The minimum atomic E-state index is 0. The number of quaternary nitrogens is 2. The van der Waals surface area contributed by atoms with Gasteiger partial charge in [0.05, 0.1) is 54.9 Å². The van der Waals surface area contributed by atoms with Crippen LogP contribution in [0.3, 0.4) is 0 Å². The van der Waals surface area contributed by atoms with E-state index in [9.17, 15) is 0 Å². The van der Waals surface area contributed by atoms with Crippen molar-refractivity contribution in [3.63, 3.8) is 0 Å². The SMILES string of the molecule is C[N+](C)(C)CCCCC1CCC[N+](C)(C)C1.[I-].[I-]. The summed E-state index contributed by atoms with van der Waals surface area (Å²) >= 11 is 0. The van der Waals surface area contributed by atoms with Gasteiger partial charge in [-0.2, -0.15) is 0 Å². The Morgan fingerprint density at radius 3 is 2.17 bits per heavy atom. The molecule has 0 N–H and O–H groups in total. The molecule has 1 unspecified atom stereocenters. The molecule has 0 amide bonds. The van der Waals surface area contributed by atoms with Gasteiger partial charge in [0.1, 0.15) is 0 Å². The lowest BCUT2D eigenvalue weighted by Crippen LogP contribution is -3.00. The average Bonchev–Trinajstić information content (AvgIpc) is 2.09. The monoisotopic (exact) mass is 482 g/mol. The van der Waals surface area contributed by atoms with E-state index in [1.807, 2.05) is 0 Å². The number of unbranched alkanes of at least 4 members (excludes halogenated alkanes) is 1. The van der Waals surface area contributed by atoms with Crippen LogP contribution in [0.1, 0.15) is 32.1 Å². The summed E-state index contributed by atoms with van der Waals surface area (Å²) in [5.74, 6) is 0.996. The molecule has 1 atom stereocenters. The summed E-state index contributed by atoms with van der Waals surface area (Å²) < 4.78 is 2.37. The van der Waals surface area contributed by atoms with E-state index in [1.54, 1.807) is 0 Å². The van der Waals surface area contributed by atoms with E-state index >= 15 is 0 Å². The molecule has 1 saturated heterocycles. The summed E-state index contributed by atoms with van der Waals surface area (Å²) in [5, 5.41) is 0. The van der Waals surface area contributed by atoms with Gasteiger partial charge in [0.15, 0.2) is 0 Å². The van der Waals surface area contributed by atoms with Gasteiger partial charge in [-0.25, -0.2) is 0 Å². The van der Waals surface area contributed by atoms with Gasteiger partial charge in [-0.3, -0.25) is 0 Å². The molecule has 0 aliphatic carbocycles. The second kappa shape index (κ2) is 9.34. The lowest BCUT2D eigenvalue weighted by atomic mass is 9.92. The predicted octanol–water partition coefficient (Wildman–Crippen LogP) is -3.64. The highest BCUT2D eigenvalue weighted by Crippen LogP contribution is 2.24. The van der Waals surface area contributed by atoms with Gasteiger partial charge < -0.3 is 56.9 Å². The molecule has 112 valence electrons. The van der Waals surface area contributed by atoms with E-state index < -0.39 is 0 Å². The van der Waals surface area contributed by atoms with E-state index in [0.29, 0.717) is 0 Å². The van der Waals surface area contributed by atoms with E-state index in [2.05, 4.69) is 35.2 Å². The lowest BCUT2D eigenvalue weighted by Gasteiger charge is -2.38. The van der Waals surface area contributed by atoms with Gasteiger partial charge in [-0.15, -0.1) is 0 Å². The number of rotatable bonds is 5. The molecule has 1 rings (SSSR count). The molecule has 0 aromatic carbocycles. The lowest BCUT2D eigenvalue weighted by molar-refractivity contribution is -0.898. The Labute approximate surface area is 149 Å². The number of hydrogen-bond donors (Lipinski definition) is 0. The molecular weight excluding hydrogens is 450 g/mol. The second-order valence-corrected chi connectivity index (χ2v) is 7.36. The van der Waals surface area contributed by atoms with Crippen molar-refractivity contribution in [3.8, 4) is 0 Å². The predicted molar refractivity (Wildman–Crippen MR) is 71.3 cm³/mol. The Hall–Kier alpha value is 1.38. The fraction of sp³-hybridized carbons (Fsp3) is 1.00. The zero-order valence-corrected chi connectivity index (χ0v) is 17.2. The highest BCUT2D eigenvalue weighted by atomic mass is 127. The quantitative estimate of drug-likeness (QED) is 0.216. The van der Waals surface area contributed by atoms with Crippen LogP contribution in [0.2, 0.25) is 0 Å². The van der Waals surface area contributed by atoms with Crippen molar-refractivity contribution in [2.75, 3.05) is 54.9 Å². The molecule has 0 aromatic rings. The molecule has 0 saturated carbocycles. The highest BCUT2D eigenvalue weighted by molar-refractivity contribution is 4.63. The fourth-order valence-electron chi connectivity index (χ4n) is 2.94. The molecule has 2 nitrogen and oxygen atoms in total. The zero-order valence-electron chi connectivity index (χ0n) is 12.9. The van der Waals surface area contributed by atoms with Crippen LogP contribution in [0, 0.1) is 5.92 Å². The van der Waals surface area contributed by atoms with E-state index in [-0.39, 0.29) is 48.0 Å². The molecule has 1 heterocycles. The van der Waals surface area contributed by atoms with Crippen LogP contribution in [0.25, 0.3) is 0 Å². The maximum absolute atomic E-state index is 2.39. The van der Waals surface area contributed by atoms with Gasteiger partial charge in [0.2, 0.25) is 0 Å². The van der Waals surface area contributed by atoms with Crippen molar-refractivity contribution in [1.82, 2.24) is 0 Å². The Bertz CT molecular complexity index is 212. The van der Waals surface area contributed by atoms with E-state index in [0.717, 1.165) is 10.4 Å². The van der Waals surface area contributed by atoms with Gasteiger partial charge in [-0.05, 0) is 32.1 Å². The first kappa shape index (κ1) is 21.7. The summed E-state index contributed by atoms with van der Waals surface area (Å²) in [6, 6.07) is 0. The Kier molecular flexibility index (Phi) is 11.2. The van der Waals surface area contributed by atoms with Crippen molar-refractivity contribution >= 4 is 0 Å².